The van der Waals surface area contributed by atoms with Crippen LogP contribution in [0.4, 0.5) is 5.69 Å². The molecule has 1 unspecified atom stereocenters. The molecule has 0 aromatic heterocycles. The molecule has 3 N–H and O–H groups in total. The first-order valence-corrected chi connectivity index (χ1v) is 7.72. The molecule has 1 aromatic carbocycles. The first-order chi connectivity index (χ1) is 9.65. The zero-order valence-electron chi connectivity index (χ0n) is 12.5. The molecule has 3 heteroatoms. The highest BCUT2D eigenvalue weighted by Crippen LogP contribution is 2.38. The summed E-state index contributed by atoms with van der Waals surface area (Å²) in [6.07, 6.45) is 5.78. The first-order valence-electron chi connectivity index (χ1n) is 7.72. The Balaban J connectivity index is 2.10. The molecular formula is C17H26N2O. The van der Waals surface area contributed by atoms with Gasteiger partial charge in [-0.05, 0) is 63.0 Å². The van der Waals surface area contributed by atoms with Gasteiger partial charge in [0.25, 0.3) is 0 Å². The van der Waals surface area contributed by atoms with Crippen LogP contribution in [0.5, 0.6) is 0 Å². The summed E-state index contributed by atoms with van der Waals surface area (Å²) in [5.41, 5.74) is 3.39. The average molecular weight is 274 g/mol. The lowest BCUT2D eigenvalue weighted by atomic mass is 9.77. The van der Waals surface area contributed by atoms with E-state index in [4.69, 9.17) is 5.41 Å². The molecule has 0 spiro atoms. The molecule has 1 aromatic rings. The summed E-state index contributed by atoms with van der Waals surface area (Å²) in [6, 6.07) is 6.41. The number of aliphatic hydroxyl groups excluding tert-OH is 1. The molecule has 110 valence electrons. The first kappa shape index (κ1) is 15.0. The van der Waals surface area contributed by atoms with Crippen LogP contribution >= 0.6 is 0 Å². The molecule has 0 amide bonds. The van der Waals surface area contributed by atoms with Crippen LogP contribution in [0.15, 0.2) is 18.2 Å². The highest BCUT2D eigenvalue weighted by molar-refractivity contribution is 5.86. The standard InChI is InChI=1S/C17H26N2O/c1-3-19-17-10-15(8-9-16(17)11-18)14-6-4-13(5-7-14)12(2)20/h8-14,18-20H,3-7H2,1-2H3. The summed E-state index contributed by atoms with van der Waals surface area (Å²) in [5.74, 6) is 1.07. The van der Waals surface area contributed by atoms with Crippen molar-refractivity contribution in [1.29, 1.82) is 5.41 Å². The number of anilines is 1. The minimum Gasteiger partial charge on any atom is -0.393 e. The van der Waals surface area contributed by atoms with Crippen molar-refractivity contribution in [3.05, 3.63) is 29.3 Å². The van der Waals surface area contributed by atoms with Gasteiger partial charge in [-0.25, -0.2) is 0 Å². The number of benzene rings is 1. The Morgan fingerprint density at radius 3 is 2.60 bits per heavy atom. The van der Waals surface area contributed by atoms with E-state index in [1.54, 1.807) is 0 Å². The van der Waals surface area contributed by atoms with E-state index in [0.29, 0.717) is 11.8 Å². The summed E-state index contributed by atoms with van der Waals surface area (Å²) in [4.78, 5) is 0. The Kier molecular flexibility index (Phi) is 5.18. The van der Waals surface area contributed by atoms with Gasteiger partial charge in [-0.15, -0.1) is 0 Å². The van der Waals surface area contributed by atoms with E-state index in [-0.39, 0.29) is 6.10 Å². The van der Waals surface area contributed by atoms with Crippen molar-refractivity contribution in [2.45, 2.75) is 51.6 Å². The van der Waals surface area contributed by atoms with Crippen molar-refractivity contribution in [3.8, 4) is 0 Å². The Labute approximate surface area is 121 Å². The molecule has 0 aliphatic heterocycles. The predicted octanol–water partition coefficient (Wildman–Crippen LogP) is 3.77. The average Bonchev–Trinajstić information content (AvgIpc) is 2.47. The van der Waals surface area contributed by atoms with Crippen LogP contribution < -0.4 is 5.32 Å². The summed E-state index contributed by atoms with van der Waals surface area (Å²) in [5, 5.41) is 20.5. The van der Waals surface area contributed by atoms with Gasteiger partial charge in [0.2, 0.25) is 0 Å². The molecule has 2 rings (SSSR count). The zero-order chi connectivity index (χ0) is 14.5. The molecule has 1 atom stereocenters. The second kappa shape index (κ2) is 6.89. The van der Waals surface area contributed by atoms with Gasteiger partial charge in [0.05, 0.1) is 6.10 Å². The van der Waals surface area contributed by atoms with E-state index in [1.807, 2.05) is 13.0 Å². The molecule has 0 radical (unpaired) electrons. The molecular weight excluding hydrogens is 248 g/mol. The van der Waals surface area contributed by atoms with Crippen LogP contribution in [0, 0.1) is 11.3 Å². The van der Waals surface area contributed by atoms with Crippen LogP contribution in [0.1, 0.15) is 56.6 Å². The normalized spacial score (nSPS) is 24.1. The summed E-state index contributed by atoms with van der Waals surface area (Å²) >= 11 is 0. The van der Waals surface area contributed by atoms with Gasteiger partial charge in [0, 0.05) is 24.0 Å². The third kappa shape index (κ3) is 3.40. The van der Waals surface area contributed by atoms with Crippen molar-refractivity contribution in [3.63, 3.8) is 0 Å². The van der Waals surface area contributed by atoms with Gasteiger partial charge in [-0.2, -0.15) is 0 Å². The minimum atomic E-state index is -0.173. The lowest BCUT2D eigenvalue weighted by molar-refractivity contribution is 0.0967. The van der Waals surface area contributed by atoms with Crippen molar-refractivity contribution >= 4 is 11.9 Å². The molecule has 3 nitrogen and oxygen atoms in total. The highest BCUT2D eigenvalue weighted by Gasteiger charge is 2.25. The van der Waals surface area contributed by atoms with Crippen LogP contribution in [0.25, 0.3) is 0 Å². The predicted molar refractivity (Wildman–Crippen MR) is 84.9 cm³/mol. The topological polar surface area (TPSA) is 56.1 Å². The van der Waals surface area contributed by atoms with E-state index >= 15 is 0 Å². The SMILES string of the molecule is CCNc1cc(C2CCC(C(C)O)CC2)ccc1C=N. The Morgan fingerprint density at radius 1 is 1.35 bits per heavy atom. The molecule has 1 fully saturated rings. The van der Waals surface area contributed by atoms with Gasteiger partial charge in [0.1, 0.15) is 0 Å². The molecule has 1 aliphatic carbocycles. The van der Waals surface area contributed by atoms with Crippen LogP contribution in [0.2, 0.25) is 0 Å². The lowest BCUT2D eigenvalue weighted by Gasteiger charge is -2.30. The number of hydrogen-bond acceptors (Lipinski definition) is 3. The maximum atomic E-state index is 9.68. The maximum absolute atomic E-state index is 9.68. The quantitative estimate of drug-likeness (QED) is 0.716. The Bertz CT molecular complexity index is 448. The maximum Gasteiger partial charge on any atom is 0.0540 e. The van der Waals surface area contributed by atoms with Crippen molar-refractivity contribution in [2.75, 3.05) is 11.9 Å². The fourth-order valence-corrected chi connectivity index (χ4v) is 3.23. The van der Waals surface area contributed by atoms with Crippen LogP contribution in [0.3, 0.4) is 0 Å². The van der Waals surface area contributed by atoms with Crippen molar-refractivity contribution < 1.29 is 5.11 Å². The van der Waals surface area contributed by atoms with E-state index in [0.717, 1.165) is 43.5 Å². The summed E-state index contributed by atoms with van der Waals surface area (Å²) in [6.45, 7) is 4.86. The van der Waals surface area contributed by atoms with Crippen molar-refractivity contribution in [1.82, 2.24) is 0 Å². The monoisotopic (exact) mass is 274 g/mol. The second-order valence-corrected chi connectivity index (χ2v) is 5.87. The fraction of sp³-hybridized carbons (Fsp3) is 0.588. The van der Waals surface area contributed by atoms with Gasteiger partial charge in [-0.3, -0.25) is 0 Å². The third-order valence-electron chi connectivity index (χ3n) is 4.53. The molecule has 1 saturated carbocycles. The van der Waals surface area contributed by atoms with E-state index in [2.05, 4.69) is 24.4 Å². The van der Waals surface area contributed by atoms with E-state index in [1.165, 1.54) is 11.8 Å². The number of nitrogens with one attached hydrogen (secondary N) is 2. The molecule has 0 saturated heterocycles. The summed E-state index contributed by atoms with van der Waals surface area (Å²) in [7, 11) is 0. The van der Waals surface area contributed by atoms with Gasteiger partial charge < -0.3 is 15.8 Å². The van der Waals surface area contributed by atoms with E-state index < -0.39 is 0 Å². The van der Waals surface area contributed by atoms with Crippen molar-refractivity contribution in [2.24, 2.45) is 5.92 Å². The smallest absolute Gasteiger partial charge is 0.0540 e. The molecule has 0 bridgehead atoms. The number of hydrogen-bond donors (Lipinski definition) is 3. The Hall–Kier alpha value is -1.35. The highest BCUT2D eigenvalue weighted by atomic mass is 16.3. The molecule has 20 heavy (non-hydrogen) atoms. The Morgan fingerprint density at radius 2 is 2.05 bits per heavy atom. The van der Waals surface area contributed by atoms with Crippen LogP contribution in [-0.2, 0) is 0 Å². The fourth-order valence-electron chi connectivity index (χ4n) is 3.23. The van der Waals surface area contributed by atoms with Gasteiger partial charge in [0.15, 0.2) is 0 Å². The van der Waals surface area contributed by atoms with E-state index in [9.17, 15) is 5.11 Å². The zero-order valence-corrected chi connectivity index (χ0v) is 12.5. The van der Waals surface area contributed by atoms with Gasteiger partial charge in [-0.1, -0.05) is 12.1 Å². The second-order valence-electron chi connectivity index (χ2n) is 5.87. The molecule has 0 heterocycles. The van der Waals surface area contributed by atoms with Crippen LogP contribution in [-0.4, -0.2) is 24.0 Å². The summed E-state index contributed by atoms with van der Waals surface area (Å²) < 4.78 is 0. The number of rotatable bonds is 5. The third-order valence-corrected chi connectivity index (χ3v) is 4.53. The number of aliphatic hydroxyl groups is 1. The van der Waals surface area contributed by atoms with Gasteiger partial charge >= 0.3 is 0 Å². The largest absolute Gasteiger partial charge is 0.393 e. The minimum absolute atomic E-state index is 0.173. The lowest BCUT2D eigenvalue weighted by Crippen LogP contribution is -2.22. The molecule has 1 aliphatic rings.